The molecule has 0 bridgehead atoms. The fourth-order valence-corrected chi connectivity index (χ4v) is 2.73. The minimum absolute atomic E-state index is 0.173. The molecule has 2 unspecified atom stereocenters. The van der Waals surface area contributed by atoms with E-state index in [1.165, 1.54) is 4.68 Å². The molecule has 18 heavy (non-hydrogen) atoms. The lowest BCUT2D eigenvalue weighted by molar-refractivity contribution is -0.144. The van der Waals surface area contributed by atoms with Crippen LogP contribution in [-0.4, -0.2) is 26.8 Å². The topological polar surface area (TPSA) is 72.2 Å². The molecule has 0 radical (unpaired) electrons. The van der Waals surface area contributed by atoms with E-state index in [1.54, 1.807) is 0 Å². The van der Waals surface area contributed by atoms with Crippen LogP contribution in [0, 0.1) is 25.7 Å². The third kappa shape index (κ3) is 2.30. The van der Waals surface area contributed by atoms with Crippen molar-refractivity contribution in [1.29, 1.82) is 0 Å². The molecule has 1 fully saturated rings. The molecule has 1 saturated carbocycles. The molecule has 0 amide bonds. The van der Waals surface area contributed by atoms with Gasteiger partial charge in [0.15, 0.2) is 0 Å². The average Bonchev–Trinajstić information content (AvgIpc) is 2.67. The molecule has 0 aromatic carbocycles. The molecule has 5 heteroatoms. The minimum Gasteiger partial charge on any atom is -0.481 e. The predicted molar refractivity (Wildman–Crippen MR) is 65.4 cm³/mol. The highest BCUT2D eigenvalue weighted by Gasteiger charge is 2.37. The number of rotatable bonds is 2. The van der Waals surface area contributed by atoms with E-state index in [0.717, 1.165) is 24.2 Å². The van der Waals surface area contributed by atoms with Crippen LogP contribution in [0.1, 0.15) is 41.9 Å². The number of hydrogen-bond donors (Lipinski definition) is 1. The second kappa shape index (κ2) is 4.92. The van der Waals surface area contributed by atoms with E-state index in [-0.39, 0.29) is 5.91 Å². The molecule has 2 atom stereocenters. The van der Waals surface area contributed by atoms with Crippen molar-refractivity contribution in [2.45, 2.75) is 39.5 Å². The second-order valence-corrected chi connectivity index (χ2v) is 5.01. The second-order valence-electron chi connectivity index (χ2n) is 5.01. The third-order valence-electron chi connectivity index (χ3n) is 3.62. The molecular formula is C13H18N2O3. The highest BCUT2D eigenvalue weighted by atomic mass is 16.4. The first-order valence-corrected chi connectivity index (χ1v) is 6.31. The van der Waals surface area contributed by atoms with Crippen LogP contribution in [0.25, 0.3) is 0 Å². The monoisotopic (exact) mass is 250 g/mol. The third-order valence-corrected chi connectivity index (χ3v) is 3.62. The molecule has 98 valence electrons. The molecule has 0 saturated heterocycles. The van der Waals surface area contributed by atoms with Gasteiger partial charge in [-0.15, -0.1) is 0 Å². The van der Waals surface area contributed by atoms with Crippen molar-refractivity contribution in [3.8, 4) is 0 Å². The van der Waals surface area contributed by atoms with Gasteiger partial charge in [0.2, 0.25) is 0 Å². The van der Waals surface area contributed by atoms with E-state index in [4.69, 9.17) is 0 Å². The van der Waals surface area contributed by atoms with Crippen LogP contribution in [0.2, 0.25) is 0 Å². The molecule has 2 rings (SSSR count). The molecule has 5 nitrogen and oxygen atoms in total. The first-order chi connectivity index (χ1) is 8.50. The Hall–Kier alpha value is -1.65. The summed E-state index contributed by atoms with van der Waals surface area (Å²) in [6.45, 7) is 3.64. The van der Waals surface area contributed by atoms with E-state index in [2.05, 4.69) is 5.10 Å². The normalized spacial score (nSPS) is 23.9. The average molecular weight is 250 g/mol. The number of carbonyl (C=O) groups excluding carboxylic acids is 1. The molecule has 1 aromatic heterocycles. The van der Waals surface area contributed by atoms with Crippen molar-refractivity contribution in [2.75, 3.05) is 0 Å². The summed E-state index contributed by atoms with van der Waals surface area (Å²) in [5.41, 5.74) is 1.55. The SMILES string of the molecule is Cc1cc(C)n(C(=O)C2CCCCC2C(=O)O)n1. The number of carboxylic acid groups (broad SMARTS) is 1. The van der Waals surface area contributed by atoms with Crippen molar-refractivity contribution in [3.05, 3.63) is 17.5 Å². The van der Waals surface area contributed by atoms with E-state index in [9.17, 15) is 14.7 Å². The van der Waals surface area contributed by atoms with Gasteiger partial charge in [0.1, 0.15) is 0 Å². The van der Waals surface area contributed by atoms with Crippen molar-refractivity contribution >= 4 is 11.9 Å². The van der Waals surface area contributed by atoms with Gasteiger partial charge in [-0.1, -0.05) is 12.8 Å². The van der Waals surface area contributed by atoms with Crippen LogP contribution in [0.3, 0.4) is 0 Å². The van der Waals surface area contributed by atoms with Crippen LogP contribution in [0.5, 0.6) is 0 Å². The summed E-state index contributed by atoms with van der Waals surface area (Å²) in [5.74, 6) is -2.04. The molecule has 1 heterocycles. The van der Waals surface area contributed by atoms with Crippen molar-refractivity contribution < 1.29 is 14.7 Å². The zero-order valence-corrected chi connectivity index (χ0v) is 10.7. The number of aliphatic carboxylic acids is 1. The van der Waals surface area contributed by atoms with Crippen molar-refractivity contribution in [3.63, 3.8) is 0 Å². The summed E-state index contributed by atoms with van der Waals surface area (Å²) in [5, 5.41) is 13.4. The van der Waals surface area contributed by atoms with Crippen LogP contribution in [0.15, 0.2) is 6.07 Å². The molecule has 0 aliphatic heterocycles. The van der Waals surface area contributed by atoms with Gasteiger partial charge < -0.3 is 5.11 Å². The number of nitrogens with zero attached hydrogens (tertiary/aromatic N) is 2. The van der Waals surface area contributed by atoms with Gasteiger partial charge >= 0.3 is 5.97 Å². The molecule has 0 spiro atoms. The zero-order chi connectivity index (χ0) is 13.3. The molecule has 1 aromatic rings. The summed E-state index contributed by atoms with van der Waals surface area (Å²) < 4.78 is 1.36. The first-order valence-electron chi connectivity index (χ1n) is 6.31. The highest BCUT2D eigenvalue weighted by Crippen LogP contribution is 2.31. The lowest BCUT2D eigenvalue weighted by Crippen LogP contribution is -2.36. The van der Waals surface area contributed by atoms with E-state index in [1.807, 2.05) is 19.9 Å². The maximum atomic E-state index is 12.4. The summed E-state index contributed by atoms with van der Waals surface area (Å²) >= 11 is 0. The van der Waals surface area contributed by atoms with Gasteiger partial charge in [0.25, 0.3) is 5.91 Å². The van der Waals surface area contributed by atoms with Gasteiger partial charge in [-0.3, -0.25) is 9.59 Å². The summed E-state index contributed by atoms with van der Waals surface area (Å²) in [6.07, 6.45) is 3.04. The van der Waals surface area contributed by atoms with Gasteiger partial charge in [0, 0.05) is 5.69 Å². The Bertz CT molecular complexity index is 479. The van der Waals surface area contributed by atoms with Crippen molar-refractivity contribution in [1.82, 2.24) is 9.78 Å². The Labute approximate surface area is 106 Å². The Balaban J connectivity index is 2.26. The Kier molecular flexibility index (Phi) is 3.50. The maximum Gasteiger partial charge on any atom is 0.307 e. The number of hydrogen-bond acceptors (Lipinski definition) is 3. The molecule has 1 aliphatic rings. The van der Waals surface area contributed by atoms with E-state index in [0.29, 0.717) is 12.8 Å². The fraction of sp³-hybridized carbons (Fsp3) is 0.615. The quantitative estimate of drug-likeness (QED) is 0.871. The summed E-state index contributed by atoms with van der Waals surface area (Å²) in [7, 11) is 0. The van der Waals surface area contributed by atoms with Gasteiger partial charge in [-0.25, -0.2) is 4.68 Å². The summed E-state index contributed by atoms with van der Waals surface area (Å²) in [4.78, 5) is 23.6. The van der Waals surface area contributed by atoms with Crippen LogP contribution in [-0.2, 0) is 4.79 Å². The van der Waals surface area contributed by atoms with Gasteiger partial charge in [0.05, 0.1) is 17.5 Å². The van der Waals surface area contributed by atoms with Crippen LogP contribution < -0.4 is 0 Å². The summed E-state index contributed by atoms with van der Waals surface area (Å²) in [6, 6.07) is 1.83. The number of carboxylic acids is 1. The maximum absolute atomic E-state index is 12.4. The Morgan fingerprint density at radius 1 is 1.28 bits per heavy atom. The number of aryl methyl sites for hydroxylation is 2. The standard InChI is InChI=1S/C13H18N2O3/c1-8-7-9(2)15(14-8)12(16)10-5-3-4-6-11(10)13(17)18/h7,10-11H,3-6H2,1-2H3,(H,17,18). The lowest BCUT2D eigenvalue weighted by Gasteiger charge is -2.27. The largest absolute Gasteiger partial charge is 0.481 e. The van der Waals surface area contributed by atoms with Crippen LogP contribution >= 0.6 is 0 Å². The van der Waals surface area contributed by atoms with Gasteiger partial charge in [-0.05, 0) is 32.8 Å². The number of aromatic nitrogens is 2. The highest BCUT2D eigenvalue weighted by molar-refractivity contribution is 5.86. The Morgan fingerprint density at radius 3 is 2.39 bits per heavy atom. The molecule has 1 aliphatic carbocycles. The zero-order valence-electron chi connectivity index (χ0n) is 10.7. The molecule has 1 N–H and O–H groups in total. The predicted octanol–water partition coefficient (Wildman–Crippen LogP) is 2.03. The van der Waals surface area contributed by atoms with Gasteiger partial charge in [-0.2, -0.15) is 5.10 Å². The minimum atomic E-state index is -0.866. The van der Waals surface area contributed by atoms with E-state index < -0.39 is 17.8 Å². The fourth-order valence-electron chi connectivity index (χ4n) is 2.73. The van der Waals surface area contributed by atoms with E-state index >= 15 is 0 Å². The first kappa shape index (κ1) is 12.8. The Morgan fingerprint density at radius 2 is 1.89 bits per heavy atom. The van der Waals surface area contributed by atoms with Crippen LogP contribution in [0.4, 0.5) is 0 Å². The lowest BCUT2D eigenvalue weighted by atomic mass is 9.79. The molecular weight excluding hydrogens is 232 g/mol. The van der Waals surface area contributed by atoms with Crippen molar-refractivity contribution in [2.24, 2.45) is 11.8 Å². The smallest absolute Gasteiger partial charge is 0.307 e. The number of carbonyl (C=O) groups is 2.